The van der Waals surface area contributed by atoms with Crippen LogP contribution in [0.3, 0.4) is 0 Å². The van der Waals surface area contributed by atoms with Crippen molar-refractivity contribution in [2.75, 3.05) is 0 Å². The van der Waals surface area contributed by atoms with Crippen LogP contribution in [0.25, 0.3) is 0 Å². The molecule has 2 nitrogen and oxygen atoms in total. The summed E-state index contributed by atoms with van der Waals surface area (Å²) in [4.78, 5) is 10.5. The van der Waals surface area contributed by atoms with E-state index in [2.05, 4.69) is 6.92 Å². The van der Waals surface area contributed by atoms with Crippen molar-refractivity contribution in [1.29, 1.82) is 0 Å². The number of carbonyl (C=O) groups excluding carboxylic acids is 1. The van der Waals surface area contributed by atoms with E-state index < -0.39 is 15.1 Å². The predicted molar refractivity (Wildman–Crippen MR) is 47.5 cm³/mol. The number of ether oxygens (including phenoxy) is 1. The van der Waals surface area contributed by atoms with Crippen LogP contribution in [-0.4, -0.2) is 11.6 Å². The zero-order valence-electron chi connectivity index (χ0n) is 7.69. The fourth-order valence-electron chi connectivity index (χ4n) is 0.393. The van der Waals surface area contributed by atoms with Gasteiger partial charge in [0.25, 0.3) is 0 Å². The summed E-state index contributed by atoms with van der Waals surface area (Å²) in [7, 11) is 9.90. The number of esters is 1. The summed E-state index contributed by atoms with van der Waals surface area (Å²) in [5, 5.41) is 0. The normalized spacial score (nSPS) is 9.17. The molecule has 0 saturated carbocycles. The molecule has 0 saturated heterocycles. The van der Waals surface area contributed by atoms with Crippen molar-refractivity contribution in [3.63, 3.8) is 0 Å². The maximum absolute atomic E-state index is 10.5. The molecule has 0 spiro atoms. The van der Waals surface area contributed by atoms with E-state index in [9.17, 15) is 4.79 Å². The molecule has 0 heterocycles. The van der Waals surface area contributed by atoms with Crippen molar-refractivity contribution >= 4 is 25.4 Å². The third-order valence-electron chi connectivity index (χ3n) is 0.624. The van der Waals surface area contributed by atoms with E-state index in [0.29, 0.717) is 0 Å². The summed E-state index contributed by atoms with van der Waals surface area (Å²) < 4.78 is 4.89. The van der Waals surface area contributed by atoms with E-state index in [1.54, 1.807) is 0 Å². The molecule has 0 fully saturated rings. The van der Waals surface area contributed by atoms with Gasteiger partial charge in [-0.15, -0.1) is 0 Å². The van der Waals surface area contributed by atoms with Gasteiger partial charge < -0.3 is 4.74 Å². The molecule has 0 aromatic heterocycles. The summed E-state index contributed by atoms with van der Waals surface area (Å²) >= 11 is -0.931. The summed E-state index contributed by atoms with van der Waals surface area (Å²) in [6, 6.07) is 0. The standard InChI is InChI=1S/C7H13O2.2ClH.Zn/c1-5-6(8)9-7(2,3)4;;;/h1,5H2,2-4H3;2*1H;/q;;;+2/p-2. The first-order valence-corrected chi connectivity index (χ1v) is 11.3. The van der Waals surface area contributed by atoms with Gasteiger partial charge in [0.1, 0.15) is 5.60 Å². The summed E-state index contributed by atoms with van der Waals surface area (Å²) in [5.74, 6) is -0.248. The van der Waals surface area contributed by atoms with Crippen LogP contribution >= 0.6 is 19.4 Å². The molecular weight excluding hydrogens is 252 g/mol. The van der Waals surface area contributed by atoms with Gasteiger partial charge in [-0.1, -0.05) is 0 Å². The Bertz CT molecular complexity index is 123. The van der Waals surface area contributed by atoms with Gasteiger partial charge in [0.15, 0.2) is 0 Å². The van der Waals surface area contributed by atoms with Crippen LogP contribution in [-0.2, 0) is 24.7 Å². The van der Waals surface area contributed by atoms with Crippen molar-refractivity contribution in [3.05, 3.63) is 6.92 Å². The molecule has 0 aliphatic heterocycles. The Kier molecular flexibility index (Phi) is 10.5. The Hall–Kier alpha value is 0.673. The molecule has 0 unspecified atom stereocenters. The first-order chi connectivity index (χ1) is 5.37. The molecule has 0 aliphatic rings. The molecule has 0 aliphatic carbocycles. The van der Waals surface area contributed by atoms with Crippen LogP contribution in [0.5, 0.6) is 0 Å². The van der Waals surface area contributed by atoms with Crippen LogP contribution in [0.1, 0.15) is 27.2 Å². The summed E-state index contributed by atoms with van der Waals surface area (Å²) in [5.41, 5.74) is -0.366. The average molecular weight is 265 g/mol. The van der Waals surface area contributed by atoms with Crippen LogP contribution in [0.2, 0.25) is 0 Å². The van der Waals surface area contributed by atoms with E-state index in [-0.39, 0.29) is 18.0 Å². The number of hydrogen-bond acceptors (Lipinski definition) is 2. The molecule has 0 bridgehead atoms. The van der Waals surface area contributed by atoms with Gasteiger partial charge >= 0.3 is 40.5 Å². The Balaban J connectivity index is 0. The minimum atomic E-state index is -0.931. The van der Waals surface area contributed by atoms with Gasteiger partial charge in [0, 0.05) is 6.42 Å². The second kappa shape index (κ2) is 8.28. The molecule has 0 amide bonds. The Morgan fingerprint density at radius 3 is 1.92 bits per heavy atom. The first kappa shape index (κ1) is 15.2. The molecule has 12 heavy (non-hydrogen) atoms. The van der Waals surface area contributed by atoms with E-state index in [1.807, 2.05) is 20.8 Å². The first-order valence-electron chi connectivity index (χ1n) is 3.50. The van der Waals surface area contributed by atoms with E-state index in [4.69, 9.17) is 24.1 Å². The molecular formula is C7H13Cl2O2Zn. The molecule has 0 rings (SSSR count). The van der Waals surface area contributed by atoms with E-state index >= 15 is 0 Å². The second-order valence-corrected chi connectivity index (χ2v) is 7.56. The average Bonchev–Trinajstić information content (AvgIpc) is 1.86. The number of rotatable bonds is 1. The molecule has 0 aromatic carbocycles. The maximum atomic E-state index is 10.5. The molecule has 0 N–H and O–H groups in total. The molecule has 69 valence electrons. The molecule has 1 radical (unpaired) electrons. The van der Waals surface area contributed by atoms with Crippen molar-refractivity contribution < 1.29 is 24.7 Å². The zero-order valence-corrected chi connectivity index (χ0v) is 12.2. The molecule has 5 heteroatoms. The summed E-state index contributed by atoms with van der Waals surface area (Å²) in [6.07, 6.45) is 0.206. The van der Waals surface area contributed by atoms with Gasteiger partial charge in [-0.3, -0.25) is 4.79 Å². The second-order valence-electron chi connectivity index (χ2n) is 2.94. The number of hydrogen-bond donors (Lipinski definition) is 0. The fourth-order valence-corrected chi connectivity index (χ4v) is 0.393. The van der Waals surface area contributed by atoms with Crippen LogP contribution in [0.4, 0.5) is 0 Å². The van der Waals surface area contributed by atoms with Crippen LogP contribution in [0, 0.1) is 6.92 Å². The number of halogens is 2. The van der Waals surface area contributed by atoms with Crippen molar-refractivity contribution in [2.45, 2.75) is 32.8 Å². The van der Waals surface area contributed by atoms with Gasteiger partial charge in [-0.05, 0) is 27.7 Å². The predicted octanol–water partition coefficient (Wildman–Crippen LogP) is 2.93. The summed E-state index contributed by atoms with van der Waals surface area (Å²) in [6.45, 7) is 8.90. The Morgan fingerprint density at radius 2 is 1.83 bits per heavy atom. The van der Waals surface area contributed by atoms with E-state index in [1.165, 1.54) is 0 Å². The van der Waals surface area contributed by atoms with Gasteiger partial charge in [-0.2, -0.15) is 0 Å². The van der Waals surface area contributed by atoms with Crippen LogP contribution < -0.4 is 0 Å². The van der Waals surface area contributed by atoms with Crippen LogP contribution in [0.15, 0.2) is 0 Å². The molecule has 0 atom stereocenters. The van der Waals surface area contributed by atoms with Gasteiger partial charge in [0.05, 0.1) is 0 Å². The number of carbonyl (C=O) groups is 1. The van der Waals surface area contributed by atoms with Crippen molar-refractivity contribution in [2.24, 2.45) is 0 Å². The van der Waals surface area contributed by atoms with Gasteiger partial charge in [0.2, 0.25) is 0 Å². The van der Waals surface area contributed by atoms with Gasteiger partial charge in [-0.25, -0.2) is 0 Å². The zero-order chi connectivity index (χ0) is 10.2. The monoisotopic (exact) mass is 263 g/mol. The third kappa shape index (κ3) is 17.0. The topological polar surface area (TPSA) is 26.3 Å². The third-order valence-corrected chi connectivity index (χ3v) is 0.624. The molecule has 0 aromatic rings. The van der Waals surface area contributed by atoms with E-state index in [0.717, 1.165) is 0 Å². The van der Waals surface area contributed by atoms with Crippen molar-refractivity contribution in [3.8, 4) is 0 Å². The Morgan fingerprint density at radius 1 is 1.50 bits per heavy atom. The minimum absolute atomic E-state index is 0.206. The SMILES string of the molecule is [CH2]CC(=O)OC(C)(C)C.[Cl][Zn][Cl]. The fraction of sp³-hybridized carbons (Fsp3) is 0.714. The quantitative estimate of drug-likeness (QED) is 0.538. The Labute approximate surface area is 89.6 Å². The van der Waals surface area contributed by atoms with Crippen molar-refractivity contribution in [1.82, 2.24) is 0 Å².